The Bertz CT molecular complexity index is 819. The second kappa shape index (κ2) is 7.23. The van der Waals surface area contributed by atoms with Crippen LogP contribution in [0.5, 0.6) is 0 Å². The van der Waals surface area contributed by atoms with E-state index in [2.05, 4.69) is 27.9 Å². The van der Waals surface area contributed by atoms with Crippen molar-refractivity contribution in [2.45, 2.75) is 19.5 Å². The zero-order chi connectivity index (χ0) is 17.8. The minimum absolute atomic E-state index is 0.151. The molecule has 1 atom stereocenters. The molecular weight excluding hydrogens is 320 g/mol. The van der Waals surface area contributed by atoms with Gasteiger partial charge in [0.1, 0.15) is 6.07 Å². The molecule has 1 aliphatic heterocycles. The fourth-order valence-electron chi connectivity index (χ4n) is 3.10. The van der Waals surface area contributed by atoms with Gasteiger partial charge in [0.25, 0.3) is 5.69 Å². The van der Waals surface area contributed by atoms with Crippen LogP contribution in [0, 0.1) is 21.4 Å². The van der Waals surface area contributed by atoms with Crippen molar-refractivity contribution in [3.8, 4) is 6.07 Å². The highest BCUT2D eigenvalue weighted by molar-refractivity contribution is 5.50. The summed E-state index contributed by atoms with van der Waals surface area (Å²) in [6.07, 6.45) is 3.09. The van der Waals surface area contributed by atoms with Gasteiger partial charge in [0.15, 0.2) is 11.5 Å². The molecule has 0 radical (unpaired) electrons. The van der Waals surface area contributed by atoms with Gasteiger partial charge in [0.2, 0.25) is 0 Å². The van der Waals surface area contributed by atoms with E-state index < -0.39 is 0 Å². The molecule has 0 bridgehead atoms. The maximum absolute atomic E-state index is 11.2. The number of nitro benzene ring substituents is 1. The molecule has 0 saturated carbocycles. The Kier molecular flexibility index (Phi) is 4.86. The average molecular weight is 338 g/mol. The Hall–Kier alpha value is -3.05. The van der Waals surface area contributed by atoms with Crippen LogP contribution in [0.25, 0.3) is 0 Å². The summed E-state index contributed by atoms with van der Waals surface area (Å²) in [5.74, 6) is 0.599. The highest BCUT2D eigenvalue weighted by Crippen LogP contribution is 2.24. The van der Waals surface area contributed by atoms with Crippen molar-refractivity contribution in [3.05, 3.63) is 58.0 Å². The van der Waals surface area contributed by atoms with Gasteiger partial charge in [-0.15, -0.1) is 0 Å². The van der Waals surface area contributed by atoms with Crippen molar-refractivity contribution in [1.29, 1.82) is 5.26 Å². The molecule has 8 heteroatoms. The van der Waals surface area contributed by atoms with E-state index in [1.54, 1.807) is 18.3 Å². The van der Waals surface area contributed by atoms with Gasteiger partial charge >= 0.3 is 0 Å². The summed E-state index contributed by atoms with van der Waals surface area (Å²) in [6.45, 7) is 4.71. The number of hydrogen-bond acceptors (Lipinski definition) is 7. The molecule has 128 valence electrons. The first kappa shape index (κ1) is 16.8. The van der Waals surface area contributed by atoms with E-state index >= 15 is 0 Å². The first-order chi connectivity index (χ1) is 12.1. The number of aromatic nitrogens is 2. The standard InChI is InChI=1S/C17H18N6O2/c1-13-11-22(17-15(10-18)19-6-7-20-17)9-8-21(13)12-14-4-2-3-5-16(14)23(24)25/h2-7,13H,8-9,11-12H2,1H3/t13-/m1/s1. The topological polar surface area (TPSA) is 99.2 Å². The van der Waals surface area contributed by atoms with Gasteiger partial charge in [0, 0.05) is 56.2 Å². The van der Waals surface area contributed by atoms with E-state index in [0.29, 0.717) is 36.7 Å². The lowest BCUT2D eigenvalue weighted by Crippen LogP contribution is -2.52. The molecule has 1 fully saturated rings. The molecule has 8 nitrogen and oxygen atoms in total. The molecule has 0 spiro atoms. The van der Waals surface area contributed by atoms with Gasteiger partial charge in [-0.05, 0) is 6.92 Å². The third kappa shape index (κ3) is 3.56. The van der Waals surface area contributed by atoms with Gasteiger partial charge < -0.3 is 4.90 Å². The molecule has 0 aliphatic carbocycles. The Balaban J connectivity index is 1.73. The fourth-order valence-corrected chi connectivity index (χ4v) is 3.10. The Morgan fingerprint density at radius 1 is 1.32 bits per heavy atom. The molecule has 1 saturated heterocycles. The number of hydrogen-bond donors (Lipinski definition) is 0. The smallest absolute Gasteiger partial charge is 0.273 e. The lowest BCUT2D eigenvalue weighted by Gasteiger charge is -2.40. The predicted octanol–water partition coefficient (Wildman–Crippen LogP) is 1.97. The molecule has 0 unspecified atom stereocenters. The van der Waals surface area contributed by atoms with Crippen molar-refractivity contribution in [1.82, 2.24) is 14.9 Å². The highest BCUT2D eigenvalue weighted by atomic mass is 16.6. The second-order valence-corrected chi connectivity index (χ2v) is 5.99. The molecule has 1 aliphatic rings. The average Bonchev–Trinajstić information content (AvgIpc) is 2.63. The summed E-state index contributed by atoms with van der Waals surface area (Å²) in [5, 5.41) is 20.4. The molecule has 1 aromatic heterocycles. The largest absolute Gasteiger partial charge is 0.351 e. The van der Waals surface area contributed by atoms with Gasteiger partial charge in [-0.3, -0.25) is 15.0 Å². The van der Waals surface area contributed by atoms with Gasteiger partial charge in [-0.2, -0.15) is 5.26 Å². The minimum Gasteiger partial charge on any atom is -0.351 e. The zero-order valence-electron chi connectivity index (χ0n) is 13.9. The van der Waals surface area contributed by atoms with Crippen molar-refractivity contribution in [2.75, 3.05) is 24.5 Å². The molecule has 2 aromatic rings. The summed E-state index contributed by atoms with van der Waals surface area (Å²) < 4.78 is 0. The number of nitrogens with zero attached hydrogens (tertiary/aromatic N) is 6. The monoisotopic (exact) mass is 338 g/mol. The second-order valence-electron chi connectivity index (χ2n) is 5.99. The molecule has 0 amide bonds. The van der Waals surface area contributed by atoms with Gasteiger partial charge in [0.05, 0.1) is 4.92 Å². The Morgan fingerprint density at radius 2 is 2.08 bits per heavy atom. The van der Waals surface area contributed by atoms with Crippen molar-refractivity contribution < 1.29 is 4.92 Å². The lowest BCUT2D eigenvalue weighted by molar-refractivity contribution is -0.385. The summed E-state index contributed by atoms with van der Waals surface area (Å²) in [6, 6.07) is 9.08. The molecule has 2 heterocycles. The van der Waals surface area contributed by atoms with Gasteiger partial charge in [-0.25, -0.2) is 9.97 Å². The fraction of sp³-hybridized carbons (Fsp3) is 0.353. The van der Waals surface area contributed by atoms with E-state index in [-0.39, 0.29) is 16.7 Å². The van der Waals surface area contributed by atoms with Crippen LogP contribution in [0.2, 0.25) is 0 Å². The lowest BCUT2D eigenvalue weighted by atomic mass is 10.1. The van der Waals surface area contributed by atoms with Crippen LogP contribution in [-0.4, -0.2) is 45.5 Å². The number of nitro groups is 1. The number of anilines is 1. The van der Waals surface area contributed by atoms with E-state index in [1.807, 2.05) is 11.0 Å². The number of para-hydroxylation sites is 1. The summed E-state index contributed by atoms with van der Waals surface area (Å²) >= 11 is 0. The molecular formula is C17H18N6O2. The van der Waals surface area contributed by atoms with Crippen LogP contribution in [0.1, 0.15) is 18.2 Å². The maximum atomic E-state index is 11.2. The maximum Gasteiger partial charge on any atom is 0.273 e. The van der Waals surface area contributed by atoms with E-state index in [9.17, 15) is 15.4 Å². The van der Waals surface area contributed by atoms with Crippen molar-refractivity contribution in [2.24, 2.45) is 0 Å². The van der Waals surface area contributed by atoms with Gasteiger partial charge in [-0.1, -0.05) is 18.2 Å². The summed E-state index contributed by atoms with van der Waals surface area (Å²) in [7, 11) is 0. The minimum atomic E-state index is -0.338. The van der Waals surface area contributed by atoms with Crippen LogP contribution in [0.15, 0.2) is 36.7 Å². The van der Waals surface area contributed by atoms with Crippen LogP contribution >= 0.6 is 0 Å². The van der Waals surface area contributed by atoms with Crippen LogP contribution in [0.4, 0.5) is 11.5 Å². The normalized spacial score (nSPS) is 17.9. The zero-order valence-corrected chi connectivity index (χ0v) is 13.9. The quantitative estimate of drug-likeness (QED) is 0.620. The SMILES string of the molecule is C[C@@H]1CN(c2nccnc2C#N)CCN1Cc1ccccc1[N+](=O)[O-]. The van der Waals surface area contributed by atoms with Crippen LogP contribution in [-0.2, 0) is 6.54 Å². The molecule has 25 heavy (non-hydrogen) atoms. The van der Waals surface area contributed by atoms with Crippen molar-refractivity contribution >= 4 is 11.5 Å². The van der Waals surface area contributed by atoms with E-state index in [1.165, 1.54) is 12.3 Å². The predicted molar refractivity (Wildman–Crippen MR) is 91.9 cm³/mol. The number of benzene rings is 1. The molecule has 1 aromatic carbocycles. The van der Waals surface area contributed by atoms with Crippen LogP contribution in [0.3, 0.4) is 0 Å². The summed E-state index contributed by atoms with van der Waals surface area (Å²) in [4.78, 5) is 23.5. The number of piperazine rings is 1. The van der Waals surface area contributed by atoms with E-state index in [4.69, 9.17) is 0 Å². The highest BCUT2D eigenvalue weighted by Gasteiger charge is 2.27. The van der Waals surface area contributed by atoms with E-state index in [0.717, 1.165) is 6.54 Å². The first-order valence-electron chi connectivity index (χ1n) is 8.02. The Labute approximate surface area is 145 Å². The third-order valence-electron chi connectivity index (χ3n) is 4.41. The number of nitriles is 1. The molecule has 3 rings (SSSR count). The molecule has 0 N–H and O–H groups in total. The van der Waals surface area contributed by atoms with Crippen molar-refractivity contribution in [3.63, 3.8) is 0 Å². The summed E-state index contributed by atoms with van der Waals surface area (Å²) in [5.41, 5.74) is 1.18. The Morgan fingerprint density at radius 3 is 2.80 bits per heavy atom. The number of rotatable bonds is 4. The first-order valence-corrected chi connectivity index (χ1v) is 8.02. The third-order valence-corrected chi connectivity index (χ3v) is 4.41. The van der Waals surface area contributed by atoms with Crippen LogP contribution < -0.4 is 4.90 Å².